The fraction of sp³-hybridized carbons (Fsp3) is 0.417. The van der Waals surface area contributed by atoms with Crippen molar-refractivity contribution in [2.45, 2.75) is 50.0 Å². The van der Waals surface area contributed by atoms with Crippen LogP contribution in [0.5, 0.6) is 0 Å². The summed E-state index contributed by atoms with van der Waals surface area (Å²) in [7, 11) is 0. The summed E-state index contributed by atoms with van der Waals surface area (Å²) in [5, 5.41) is 0.249. The highest BCUT2D eigenvalue weighted by Gasteiger charge is 2.26. The van der Waals surface area contributed by atoms with E-state index in [4.69, 9.17) is 4.74 Å². The minimum absolute atomic E-state index is 0.0956. The van der Waals surface area contributed by atoms with Crippen molar-refractivity contribution in [2.24, 2.45) is 0 Å². The summed E-state index contributed by atoms with van der Waals surface area (Å²) in [5.41, 5.74) is 3.09. The fourth-order valence-corrected chi connectivity index (χ4v) is 6.50. The second kappa shape index (κ2) is 9.30. The Hall–Kier alpha value is -2.65. The van der Waals surface area contributed by atoms with Crippen molar-refractivity contribution in [1.82, 2.24) is 9.97 Å². The third-order valence-corrected chi connectivity index (χ3v) is 8.52. The molecule has 1 aliphatic heterocycles. The molecule has 0 bridgehead atoms. The number of rotatable bonds is 6. The Morgan fingerprint density at radius 1 is 1.24 bits per heavy atom. The first-order valence-corrected chi connectivity index (χ1v) is 13.1. The van der Waals surface area contributed by atoms with E-state index in [9.17, 15) is 14.4 Å². The molecule has 0 fully saturated rings. The highest BCUT2D eigenvalue weighted by molar-refractivity contribution is 7.99. The number of carbonyl (C=O) groups excluding carboxylic acids is 2. The van der Waals surface area contributed by atoms with Crippen molar-refractivity contribution in [3.8, 4) is 0 Å². The number of H-pyrrole nitrogens is 1. The van der Waals surface area contributed by atoms with Crippen molar-refractivity contribution in [2.75, 3.05) is 18.1 Å². The third kappa shape index (κ3) is 4.44. The number of para-hydroxylation sites is 1. The number of thiophene rings is 1. The number of amides is 1. The molecule has 33 heavy (non-hydrogen) atoms. The van der Waals surface area contributed by atoms with Gasteiger partial charge in [-0.1, -0.05) is 18.2 Å². The van der Waals surface area contributed by atoms with Crippen molar-refractivity contribution in [3.63, 3.8) is 0 Å². The molecule has 1 amide bonds. The molecule has 2 aliphatic rings. The number of ether oxygens (including phenoxy) is 1. The molecular weight excluding hydrogens is 458 g/mol. The number of aromatic amines is 1. The smallest absolute Gasteiger partial charge is 0.319 e. The first kappa shape index (κ1) is 22.2. The van der Waals surface area contributed by atoms with Gasteiger partial charge < -0.3 is 14.6 Å². The molecule has 0 radical (unpaired) electrons. The van der Waals surface area contributed by atoms with Gasteiger partial charge in [0.05, 0.1) is 11.1 Å². The molecule has 1 atom stereocenters. The lowest BCUT2D eigenvalue weighted by molar-refractivity contribution is -0.146. The van der Waals surface area contributed by atoms with Crippen LogP contribution in [-0.2, 0) is 39.3 Å². The van der Waals surface area contributed by atoms with E-state index in [2.05, 4.69) is 9.97 Å². The van der Waals surface area contributed by atoms with Crippen LogP contribution in [0.4, 0.5) is 5.69 Å². The average molecular weight is 484 g/mol. The number of aromatic nitrogens is 2. The van der Waals surface area contributed by atoms with Crippen LogP contribution in [-0.4, -0.2) is 40.2 Å². The number of nitrogens with one attached hydrogen (secondary N) is 1. The van der Waals surface area contributed by atoms with Crippen molar-refractivity contribution >= 4 is 50.9 Å². The number of esters is 1. The Morgan fingerprint density at radius 3 is 2.94 bits per heavy atom. The van der Waals surface area contributed by atoms with Crippen LogP contribution >= 0.6 is 23.1 Å². The minimum atomic E-state index is -0.485. The van der Waals surface area contributed by atoms with Gasteiger partial charge in [0.15, 0.2) is 6.61 Å². The third-order valence-electron chi connectivity index (χ3n) is 6.20. The van der Waals surface area contributed by atoms with Crippen LogP contribution in [0, 0.1) is 0 Å². The van der Waals surface area contributed by atoms with E-state index in [1.807, 2.05) is 24.3 Å². The van der Waals surface area contributed by atoms with Crippen LogP contribution in [0.2, 0.25) is 0 Å². The number of thioether (sulfide) groups is 1. The lowest BCUT2D eigenvalue weighted by Crippen LogP contribution is -2.34. The zero-order valence-electron chi connectivity index (χ0n) is 18.4. The molecule has 0 spiro atoms. The van der Waals surface area contributed by atoms with Gasteiger partial charge in [-0.05, 0) is 56.2 Å². The van der Waals surface area contributed by atoms with E-state index < -0.39 is 11.2 Å². The van der Waals surface area contributed by atoms with Crippen molar-refractivity contribution in [3.05, 3.63) is 56.4 Å². The number of nitrogens with zero attached hydrogens (tertiary/aromatic N) is 2. The summed E-state index contributed by atoms with van der Waals surface area (Å²) < 4.78 is 5.29. The van der Waals surface area contributed by atoms with Gasteiger partial charge in [0.2, 0.25) is 0 Å². The molecule has 3 aromatic rings. The van der Waals surface area contributed by atoms with Gasteiger partial charge >= 0.3 is 5.97 Å². The van der Waals surface area contributed by atoms with E-state index >= 15 is 0 Å². The number of fused-ring (bicyclic) bond motifs is 4. The summed E-state index contributed by atoms with van der Waals surface area (Å²) >= 11 is 2.95. The maximum Gasteiger partial charge on any atom is 0.319 e. The Kier molecular flexibility index (Phi) is 6.25. The molecular formula is C24H25N3O4S2. The predicted molar refractivity (Wildman–Crippen MR) is 131 cm³/mol. The average Bonchev–Trinajstić information content (AvgIpc) is 3.42. The molecule has 172 valence electrons. The van der Waals surface area contributed by atoms with Gasteiger partial charge in [-0.3, -0.25) is 14.4 Å². The topological polar surface area (TPSA) is 92.4 Å². The first-order chi connectivity index (χ1) is 16.0. The van der Waals surface area contributed by atoms with E-state index in [1.165, 1.54) is 16.6 Å². The van der Waals surface area contributed by atoms with E-state index in [0.29, 0.717) is 18.1 Å². The molecule has 0 saturated carbocycles. The van der Waals surface area contributed by atoms with E-state index in [0.717, 1.165) is 59.1 Å². The molecule has 3 heterocycles. The maximum absolute atomic E-state index is 12.7. The summed E-state index contributed by atoms with van der Waals surface area (Å²) in [6.07, 6.45) is 5.04. The fourth-order valence-electron chi connectivity index (χ4n) is 4.47. The number of carbonyl (C=O) groups is 2. The first-order valence-electron chi connectivity index (χ1n) is 11.2. The maximum atomic E-state index is 12.7. The molecule has 7 nitrogen and oxygen atoms in total. The molecule has 1 N–H and O–H groups in total. The molecule has 0 saturated heterocycles. The summed E-state index contributed by atoms with van der Waals surface area (Å²) in [6, 6.07) is 7.78. The van der Waals surface area contributed by atoms with Crippen LogP contribution < -0.4 is 10.5 Å². The summed E-state index contributed by atoms with van der Waals surface area (Å²) in [5.74, 6) is 0.275. The summed E-state index contributed by atoms with van der Waals surface area (Å²) in [4.78, 5) is 48.9. The second-order valence-electron chi connectivity index (χ2n) is 8.39. The number of hydrogen-bond acceptors (Lipinski definition) is 7. The van der Waals surface area contributed by atoms with Crippen molar-refractivity contribution < 1.29 is 14.3 Å². The highest BCUT2D eigenvalue weighted by Crippen LogP contribution is 2.34. The Labute approximate surface area is 199 Å². The van der Waals surface area contributed by atoms with Gasteiger partial charge in [0.25, 0.3) is 11.5 Å². The van der Waals surface area contributed by atoms with E-state index in [-0.39, 0.29) is 18.1 Å². The standard InChI is InChI=1S/C24H25N3O4S2/c1-14(24(30)31-12-20(28)27-11-10-15-6-2-4-8-17(15)27)32-13-19-25-22(29)21-16-7-3-5-9-18(16)33-23(21)26-19/h2,4,6,8,14H,3,5,7,9-13H2,1H3,(H,25,26,29)/t14-/m1/s1. The van der Waals surface area contributed by atoms with Crippen LogP contribution in [0.15, 0.2) is 29.1 Å². The highest BCUT2D eigenvalue weighted by atomic mass is 32.2. The summed E-state index contributed by atoms with van der Waals surface area (Å²) in [6.45, 7) is 2.07. The normalized spacial score (nSPS) is 15.8. The second-order valence-corrected chi connectivity index (χ2v) is 10.8. The lowest BCUT2D eigenvalue weighted by atomic mass is 9.97. The SMILES string of the molecule is C[C@@H](SCc1nc2sc3c(c2c(=O)[nH]1)CCCC3)C(=O)OCC(=O)N1CCc2ccccc21. The zero-order chi connectivity index (χ0) is 22.9. The molecule has 5 rings (SSSR count). The Bertz CT molecular complexity index is 1280. The minimum Gasteiger partial charge on any atom is -0.455 e. The van der Waals surface area contributed by atoms with Gasteiger partial charge in [0, 0.05) is 17.1 Å². The van der Waals surface area contributed by atoms with Crippen LogP contribution in [0.1, 0.15) is 41.6 Å². The van der Waals surface area contributed by atoms with Gasteiger partial charge in [0.1, 0.15) is 15.9 Å². The zero-order valence-corrected chi connectivity index (χ0v) is 20.0. The van der Waals surface area contributed by atoms with Crippen molar-refractivity contribution in [1.29, 1.82) is 0 Å². The Balaban J connectivity index is 1.17. The monoisotopic (exact) mass is 483 g/mol. The predicted octanol–water partition coefficient (Wildman–Crippen LogP) is 3.62. The number of hydrogen-bond donors (Lipinski definition) is 1. The molecule has 1 aromatic carbocycles. The molecule has 1 aliphatic carbocycles. The van der Waals surface area contributed by atoms with Gasteiger partial charge in [-0.25, -0.2) is 4.98 Å². The van der Waals surface area contributed by atoms with Gasteiger partial charge in [-0.15, -0.1) is 23.1 Å². The quantitative estimate of drug-likeness (QED) is 0.539. The van der Waals surface area contributed by atoms with Crippen LogP contribution in [0.3, 0.4) is 0 Å². The molecule has 9 heteroatoms. The Morgan fingerprint density at radius 2 is 2.06 bits per heavy atom. The number of anilines is 1. The molecule has 0 unspecified atom stereocenters. The largest absolute Gasteiger partial charge is 0.455 e. The number of benzene rings is 1. The number of aryl methyl sites for hydroxylation is 2. The van der Waals surface area contributed by atoms with Gasteiger partial charge in [-0.2, -0.15) is 0 Å². The van der Waals surface area contributed by atoms with E-state index in [1.54, 1.807) is 23.2 Å². The lowest BCUT2D eigenvalue weighted by Gasteiger charge is -2.18. The van der Waals surface area contributed by atoms with Crippen LogP contribution in [0.25, 0.3) is 10.2 Å². The molecule has 2 aromatic heterocycles.